The van der Waals surface area contributed by atoms with Crippen molar-refractivity contribution in [3.63, 3.8) is 0 Å². The zero-order chi connectivity index (χ0) is 27.7. The summed E-state index contributed by atoms with van der Waals surface area (Å²) in [6.45, 7) is 7.80. The Kier molecular flexibility index (Phi) is 8.46. The highest BCUT2D eigenvalue weighted by atomic mass is 16.6. The van der Waals surface area contributed by atoms with Crippen LogP contribution in [0.2, 0.25) is 0 Å². The average Bonchev–Trinajstić information content (AvgIpc) is 3.20. The number of rotatable bonds is 9. The molecule has 4 saturated carbocycles. The number of carbonyl (C=O) groups excluding carboxylic acids is 1. The minimum absolute atomic E-state index is 0.0251. The molecule has 4 aliphatic carbocycles. The number of nitrogens with two attached hydrogens (primary N) is 1. The summed E-state index contributed by atoms with van der Waals surface area (Å²) in [4.78, 5) is 24.0. The van der Waals surface area contributed by atoms with Gasteiger partial charge in [0.05, 0.1) is 11.9 Å². The fraction of sp³-hybridized carbons (Fsp3) is 0.806. The molecule has 4 fully saturated rings. The van der Waals surface area contributed by atoms with Crippen LogP contribution in [0.15, 0.2) is 27.6 Å². The number of fused-ring (bicyclic) bond motifs is 5. The van der Waals surface area contributed by atoms with Crippen LogP contribution >= 0.6 is 0 Å². The van der Waals surface area contributed by atoms with E-state index in [9.17, 15) is 14.7 Å². The number of carbonyl (C=O) groups is 1. The van der Waals surface area contributed by atoms with Crippen LogP contribution < -0.4 is 22.0 Å². The van der Waals surface area contributed by atoms with Crippen molar-refractivity contribution in [3.05, 3.63) is 34.4 Å². The zero-order valence-corrected chi connectivity index (χ0v) is 23.9. The average molecular weight is 544 g/mol. The molecule has 0 saturated heterocycles. The lowest BCUT2D eigenvalue weighted by Crippen LogP contribution is -2.62. The fourth-order valence-corrected chi connectivity index (χ4v) is 9.34. The minimum Gasteiger partial charge on any atom is -0.446 e. The van der Waals surface area contributed by atoms with Gasteiger partial charge in [-0.15, -0.1) is 0 Å². The molecule has 0 spiro atoms. The van der Waals surface area contributed by atoms with E-state index in [2.05, 4.69) is 24.5 Å². The van der Waals surface area contributed by atoms with E-state index in [1.54, 1.807) is 6.26 Å². The van der Waals surface area contributed by atoms with Gasteiger partial charge in [-0.2, -0.15) is 0 Å². The highest BCUT2D eigenvalue weighted by molar-refractivity contribution is 5.67. The maximum absolute atomic E-state index is 12.5. The summed E-state index contributed by atoms with van der Waals surface area (Å²) < 4.78 is 11.1. The molecule has 1 heterocycles. The lowest BCUT2D eigenvalue weighted by Gasteiger charge is -2.63. The number of hydrogen-bond donors (Lipinski definition) is 4. The predicted octanol–water partition coefficient (Wildman–Crippen LogP) is 4.30. The Labute approximate surface area is 232 Å². The number of amides is 1. The summed E-state index contributed by atoms with van der Waals surface area (Å²) in [7, 11) is 0. The molecule has 0 aromatic carbocycles. The topological polar surface area (TPSA) is 127 Å². The summed E-state index contributed by atoms with van der Waals surface area (Å²) in [6.07, 6.45) is 12.0. The molecule has 0 radical (unpaired) electrons. The summed E-state index contributed by atoms with van der Waals surface area (Å²) in [5.41, 5.74) is 5.49. The quantitative estimate of drug-likeness (QED) is 0.342. The van der Waals surface area contributed by atoms with Crippen LogP contribution in [0.1, 0.15) is 96.0 Å². The van der Waals surface area contributed by atoms with Gasteiger partial charge in [-0.05, 0) is 131 Å². The zero-order valence-electron chi connectivity index (χ0n) is 23.9. The Morgan fingerprint density at radius 3 is 2.64 bits per heavy atom. The Balaban J connectivity index is 1.17. The Morgan fingerprint density at radius 1 is 1.05 bits per heavy atom. The molecule has 218 valence electrons. The Bertz CT molecular complexity index is 1040. The molecule has 8 nitrogen and oxygen atoms in total. The van der Waals surface area contributed by atoms with Gasteiger partial charge in [0.25, 0.3) is 0 Å². The van der Waals surface area contributed by atoms with E-state index >= 15 is 0 Å². The number of aliphatic hydroxyl groups is 1. The summed E-state index contributed by atoms with van der Waals surface area (Å²) >= 11 is 0. The molecule has 39 heavy (non-hydrogen) atoms. The first-order valence-electron chi connectivity index (χ1n) is 15.4. The minimum atomic E-state index is -0.697. The maximum atomic E-state index is 12.5. The van der Waals surface area contributed by atoms with Crippen molar-refractivity contribution in [1.29, 1.82) is 0 Å². The van der Waals surface area contributed by atoms with E-state index in [4.69, 9.17) is 14.9 Å². The molecule has 3 unspecified atom stereocenters. The van der Waals surface area contributed by atoms with Gasteiger partial charge in [-0.3, -0.25) is 0 Å². The van der Waals surface area contributed by atoms with Crippen LogP contribution in [0.5, 0.6) is 0 Å². The van der Waals surface area contributed by atoms with Crippen molar-refractivity contribution in [2.45, 2.75) is 102 Å². The van der Waals surface area contributed by atoms with Crippen LogP contribution in [-0.2, 0) is 4.74 Å². The molecule has 0 aliphatic heterocycles. The van der Waals surface area contributed by atoms with E-state index in [1.165, 1.54) is 6.07 Å². The van der Waals surface area contributed by atoms with Crippen LogP contribution in [-0.4, -0.2) is 49.1 Å². The van der Waals surface area contributed by atoms with Crippen LogP contribution in [0, 0.1) is 28.6 Å². The monoisotopic (exact) mass is 543 g/mol. The molecular formula is C31H49N3O5. The van der Waals surface area contributed by atoms with E-state index in [-0.39, 0.29) is 40.5 Å². The van der Waals surface area contributed by atoms with E-state index in [0.29, 0.717) is 24.9 Å². The van der Waals surface area contributed by atoms with Gasteiger partial charge < -0.3 is 30.6 Å². The van der Waals surface area contributed by atoms with Crippen molar-refractivity contribution in [1.82, 2.24) is 10.6 Å². The van der Waals surface area contributed by atoms with Crippen molar-refractivity contribution in [2.75, 3.05) is 26.2 Å². The van der Waals surface area contributed by atoms with Gasteiger partial charge in [0.15, 0.2) is 0 Å². The SMILES string of the molecule is C[C@]12CC[C@H](OC(=O)NCCCNCCCN)CC1CCC1C2CC[C@]2(C)[C@@H](c3ccc(=O)oc3)CC[C@]12O. The van der Waals surface area contributed by atoms with Crippen molar-refractivity contribution in [3.8, 4) is 0 Å². The number of nitrogens with one attached hydrogen (secondary N) is 2. The first-order chi connectivity index (χ1) is 18.7. The van der Waals surface area contributed by atoms with Crippen LogP contribution in [0.25, 0.3) is 0 Å². The van der Waals surface area contributed by atoms with Crippen molar-refractivity contribution < 1.29 is 19.1 Å². The predicted molar refractivity (Wildman–Crippen MR) is 150 cm³/mol. The normalized spacial score (nSPS) is 39.3. The fourth-order valence-electron chi connectivity index (χ4n) is 9.34. The third kappa shape index (κ3) is 5.29. The van der Waals surface area contributed by atoms with E-state index < -0.39 is 5.60 Å². The van der Waals surface area contributed by atoms with Gasteiger partial charge in [-0.1, -0.05) is 13.8 Å². The molecule has 1 aromatic heterocycles. The second-order valence-corrected chi connectivity index (χ2v) is 13.3. The molecule has 4 aliphatic rings. The number of ether oxygens (including phenoxy) is 1. The summed E-state index contributed by atoms with van der Waals surface area (Å²) in [5, 5.41) is 18.7. The maximum Gasteiger partial charge on any atom is 0.407 e. The first-order valence-corrected chi connectivity index (χ1v) is 15.4. The smallest absolute Gasteiger partial charge is 0.407 e. The highest BCUT2D eigenvalue weighted by Gasteiger charge is 2.67. The van der Waals surface area contributed by atoms with Crippen LogP contribution in [0.3, 0.4) is 0 Å². The van der Waals surface area contributed by atoms with Crippen molar-refractivity contribution >= 4 is 6.09 Å². The lowest BCUT2D eigenvalue weighted by atomic mass is 9.43. The molecule has 1 amide bonds. The second kappa shape index (κ2) is 11.5. The lowest BCUT2D eigenvalue weighted by molar-refractivity contribution is -0.205. The van der Waals surface area contributed by atoms with Gasteiger partial charge in [0.1, 0.15) is 6.10 Å². The van der Waals surface area contributed by atoms with Gasteiger partial charge in [0.2, 0.25) is 0 Å². The molecule has 0 bridgehead atoms. The summed E-state index contributed by atoms with van der Waals surface area (Å²) in [5.74, 6) is 1.51. The third-order valence-corrected chi connectivity index (χ3v) is 11.6. The third-order valence-electron chi connectivity index (χ3n) is 11.6. The van der Waals surface area contributed by atoms with Gasteiger partial charge in [0, 0.05) is 18.0 Å². The van der Waals surface area contributed by atoms with Gasteiger partial charge in [-0.25, -0.2) is 9.59 Å². The second-order valence-electron chi connectivity index (χ2n) is 13.3. The summed E-state index contributed by atoms with van der Waals surface area (Å²) in [6, 6.07) is 3.41. The first kappa shape index (κ1) is 28.6. The molecule has 1 aromatic rings. The standard InChI is InChI=1S/C31H49N3O5/c1-29-12-9-23(39-28(36)34-18-4-17-33-16-3-15-32)19-22(29)6-7-26-25(29)10-13-30(2)24(11-14-31(26,30)37)21-5-8-27(35)38-20-21/h5,8,20,22-26,33,37H,3-4,6-7,9-19,32H2,1-2H3,(H,34,36)/t22?,23-,24+,25?,26?,29-,30+,31-/m0/s1. The van der Waals surface area contributed by atoms with Crippen LogP contribution in [0.4, 0.5) is 4.79 Å². The largest absolute Gasteiger partial charge is 0.446 e. The number of hydrogen-bond acceptors (Lipinski definition) is 7. The molecule has 5 rings (SSSR count). The van der Waals surface area contributed by atoms with Gasteiger partial charge >= 0.3 is 11.7 Å². The van der Waals surface area contributed by atoms with E-state index in [0.717, 1.165) is 89.3 Å². The highest BCUT2D eigenvalue weighted by Crippen LogP contribution is 2.70. The van der Waals surface area contributed by atoms with E-state index in [1.807, 2.05) is 6.07 Å². The molecular weight excluding hydrogens is 494 g/mol. The Morgan fingerprint density at radius 2 is 1.87 bits per heavy atom. The van der Waals surface area contributed by atoms with Crippen molar-refractivity contribution in [2.24, 2.45) is 34.3 Å². The Hall–Kier alpha value is -1.90. The number of alkyl carbamates (subject to hydrolysis) is 1. The molecule has 5 N–H and O–H groups in total. The molecule has 8 atom stereocenters. The molecule has 8 heteroatoms.